The van der Waals surface area contributed by atoms with Crippen LogP contribution in [0.2, 0.25) is 5.02 Å². The summed E-state index contributed by atoms with van der Waals surface area (Å²) in [5.74, 6) is -0.395. The number of nitrogens with zero attached hydrogens (tertiary/aromatic N) is 3. The van der Waals surface area contributed by atoms with E-state index in [1.54, 1.807) is 36.9 Å². The first kappa shape index (κ1) is 26.1. The number of carbonyl (C=O) groups is 2. The van der Waals surface area contributed by atoms with Crippen LogP contribution in [0.3, 0.4) is 0 Å². The van der Waals surface area contributed by atoms with Crippen molar-refractivity contribution in [3.05, 3.63) is 65.2 Å². The second kappa shape index (κ2) is 10.3. The highest BCUT2D eigenvalue weighted by Gasteiger charge is 2.38. The Morgan fingerprint density at radius 2 is 1.97 bits per heavy atom. The smallest absolute Gasteiger partial charge is 0.253 e. The molecule has 0 aliphatic carbocycles. The number of ether oxygens (including phenoxy) is 1. The number of hydrogen-bond donors (Lipinski definition) is 3. The molecule has 0 radical (unpaired) electrons. The minimum absolute atomic E-state index is 0.189. The van der Waals surface area contributed by atoms with E-state index >= 15 is 0 Å². The van der Waals surface area contributed by atoms with Gasteiger partial charge in [0.25, 0.3) is 5.91 Å². The summed E-state index contributed by atoms with van der Waals surface area (Å²) in [7, 11) is 0. The van der Waals surface area contributed by atoms with Gasteiger partial charge in [-0.15, -0.1) is 0 Å². The number of anilines is 1. The molecule has 1 aromatic carbocycles. The van der Waals surface area contributed by atoms with E-state index in [1.807, 2.05) is 39.8 Å². The van der Waals surface area contributed by atoms with E-state index in [1.165, 1.54) is 0 Å². The summed E-state index contributed by atoms with van der Waals surface area (Å²) in [6.07, 6.45) is 6.70. The number of aromatic amines is 1. The van der Waals surface area contributed by atoms with Gasteiger partial charge in [-0.2, -0.15) is 0 Å². The van der Waals surface area contributed by atoms with Crippen LogP contribution in [-0.2, 0) is 9.53 Å². The molecule has 4 heterocycles. The molecule has 38 heavy (non-hydrogen) atoms. The molecule has 5 rings (SSSR count). The number of nitrogens with one attached hydrogen (secondary N) is 3. The molecular formula is C28H31ClN6O3. The number of H-pyrrole nitrogens is 1. The number of carbonyl (C=O) groups excluding carboxylic acids is 2. The third-order valence-corrected chi connectivity index (χ3v) is 7.08. The van der Waals surface area contributed by atoms with Crippen molar-refractivity contribution in [3.8, 4) is 0 Å². The molecule has 1 aliphatic heterocycles. The average Bonchev–Trinajstić information content (AvgIpc) is 3.22. The molecule has 1 unspecified atom stereocenters. The Bertz CT molecular complexity index is 1520. The standard InChI is InChI=1S/C28H31ClN6O3/c1-16-5-7-30-11-21(16)26(36)32-17(2)13-35-15-28(3,4)38-14-24(35)27(37)34-22-10-18(29)9-20-19-6-8-31-12-23(19)33-25(20)22/h5-12,17,24,33H,13-15H2,1-4H3,(H,32,36)(H,34,37)/t17-,24?/m0/s1. The quantitative estimate of drug-likeness (QED) is 0.340. The van der Waals surface area contributed by atoms with Crippen molar-refractivity contribution in [2.45, 2.75) is 45.4 Å². The molecule has 1 fully saturated rings. The van der Waals surface area contributed by atoms with Gasteiger partial charge in [0.2, 0.25) is 5.91 Å². The highest BCUT2D eigenvalue weighted by molar-refractivity contribution is 6.33. The molecule has 2 amide bonds. The molecular weight excluding hydrogens is 504 g/mol. The van der Waals surface area contributed by atoms with Crippen LogP contribution in [0.5, 0.6) is 0 Å². The first-order valence-corrected chi connectivity index (χ1v) is 12.9. The Morgan fingerprint density at radius 1 is 1.21 bits per heavy atom. The van der Waals surface area contributed by atoms with Gasteiger partial charge in [-0.25, -0.2) is 0 Å². The van der Waals surface area contributed by atoms with Crippen molar-refractivity contribution in [1.29, 1.82) is 0 Å². The molecule has 0 bridgehead atoms. The SMILES string of the molecule is Cc1ccncc1C(=O)N[C@@H](C)CN1CC(C)(C)OCC1C(=O)Nc1cc(Cl)cc2c1[nH]c1cnccc12. The Labute approximate surface area is 225 Å². The normalized spacial score (nSPS) is 18.4. The van der Waals surface area contributed by atoms with Crippen LogP contribution in [-0.4, -0.2) is 69.0 Å². The van der Waals surface area contributed by atoms with Crippen molar-refractivity contribution in [3.63, 3.8) is 0 Å². The third-order valence-electron chi connectivity index (χ3n) is 6.86. The number of halogens is 1. The molecule has 0 saturated carbocycles. The van der Waals surface area contributed by atoms with Crippen molar-refractivity contribution < 1.29 is 14.3 Å². The van der Waals surface area contributed by atoms with Gasteiger partial charge in [-0.05, 0) is 57.5 Å². The van der Waals surface area contributed by atoms with Crippen molar-refractivity contribution in [1.82, 2.24) is 25.2 Å². The lowest BCUT2D eigenvalue weighted by Crippen LogP contribution is -2.60. The maximum absolute atomic E-state index is 13.6. The molecule has 10 heteroatoms. The van der Waals surface area contributed by atoms with Crippen molar-refractivity contribution >= 4 is 50.9 Å². The summed E-state index contributed by atoms with van der Waals surface area (Å²) in [5, 5.41) is 8.52. The highest BCUT2D eigenvalue weighted by atomic mass is 35.5. The second-order valence-electron chi connectivity index (χ2n) is 10.5. The lowest BCUT2D eigenvalue weighted by molar-refractivity contribution is -0.143. The topological polar surface area (TPSA) is 112 Å². The van der Waals surface area contributed by atoms with Gasteiger partial charge in [-0.3, -0.25) is 24.5 Å². The minimum atomic E-state index is -0.553. The van der Waals surface area contributed by atoms with Crippen LogP contribution in [0.25, 0.3) is 21.8 Å². The number of amides is 2. The lowest BCUT2D eigenvalue weighted by Gasteiger charge is -2.43. The maximum Gasteiger partial charge on any atom is 0.253 e. The van der Waals surface area contributed by atoms with E-state index in [9.17, 15) is 9.59 Å². The first-order valence-electron chi connectivity index (χ1n) is 12.6. The fourth-order valence-corrected chi connectivity index (χ4v) is 5.24. The Hall–Kier alpha value is -3.53. The molecule has 3 aromatic heterocycles. The lowest BCUT2D eigenvalue weighted by atomic mass is 10.0. The van der Waals surface area contributed by atoms with Gasteiger partial charge < -0.3 is 20.4 Å². The van der Waals surface area contributed by atoms with Crippen molar-refractivity contribution in [2.75, 3.05) is 25.0 Å². The van der Waals surface area contributed by atoms with Crippen LogP contribution < -0.4 is 10.6 Å². The van der Waals surface area contributed by atoms with E-state index in [0.717, 1.165) is 27.4 Å². The zero-order valence-electron chi connectivity index (χ0n) is 21.8. The molecule has 0 spiro atoms. The monoisotopic (exact) mass is 534 g/mol. The minimum Gasteiger partial charge on any atom is -0.372 e. The van der Waals surface area contributed by atoms with Gasteiger partial charge in [0, 0.05) is 53.5 Å². The number of benzene rings is 1. The summed E-state index contributed by atoms with van der Waals surface area (Å²) in [4.78, 5) is 40.1. The van der Waals surface area contributed by atoms with Crippen molar-refractivity contribution in [2.24, 2.45) is 0 Å². The predicted molar refractivity (Wildman–Crippen MR) is 149 cm³/mol. The summed E-state index contributed by atoms with van der Waals surface area (Å²) in [6, 6.07) is 6.56. The second-order valence-corrected chi connectivity index (χ2v) is 10.9. The molecule has 2 atom stereocenters. The van der Waals surface area contributed by atoms with E-state index in [2.05, 4.69) is 30.5 Å². The highest BCUT2D eigenvalue weighted by Crippen LogP contribution is 2.33. The first-order chi connectivity index (χ1) is 18.1. The Kier molecular flexibility index (Phi) is 7.09. The Morgan fingerprint density at radius 3 is 2.76 bits per heavy atom. The van der Waals surface area contributed by atoms with Gasteiger partial charge >= 0.3 is 0 Å². The number of pyridine rings is 2. The average molecular weight is 535 g/mol. The maximum atomic E-state index is 13.6. The summed E-state index contributed by atoms with van der Waals surface area (Å²) >= 11 is 6.43. The largest absolute Gasteiger partial charge is 0.372 e. The van der Waals surface area contributed by atoms with Crippen LogP contribution in [0.15, 0.2) is 49.1 Å². The number of hydrogen-bond acceptors (Lipinski definition) is 6. The zero-order valence-corrected chi connectivity index (χ0v) is 22.6. The third kappa shape index (κ3) is 5.36. The van der Waals surface area contributed by atoms with Gasteiger partial charge in [-0.1, -0.05) is 11.6 Å². The summed E-state index contributed by atoms with van der Waals surface area (Å²) in [5.41, 5.74) is 3.19. The molecule has 3 N–H and O–H groups in total. The van der Waals surface area contributed by atoms with Crippen LogP contribution in [0.1, 0.15) is 36.7 Å². The molecule has 1 aliphatic rings. The van der Waals surface area contributed by atoms with Gasteiger partial charge in [0.1, 0.15) is 6.04 Å². The summed E-state index contributed by atoms with van der Waals surface area (Å²) < 4.78 is 6.03. The van der Waals surface area contributed by atoms with Gasteiger partial charge in [0.15, 0.2) is 0 Å². The zero-order chi connectivity index (χ0) is 27.0. The number of fused-ring (bicyclic) bond motifs is 3. The molecule has 9 nitrogen and oxygen atoms in total. The van der Waals surface area contributed by atoms with E-state index in [0.29, 0.717) is 29.4 Å². The molecule has 1 saturated heterocycles. The number of rotatable bonds is 6. The van der Waals surface area contributed by atoms with Crippen LogP contribution in [0.4, 0.5) is 5.69 Å². The number of aryl methyl sites for hydroxylation is 1. The summed E-state index contributed by atoms with van der Waals surface area (Å²) in [6.45, 7) is 9.02. The molecule has 198 valence electrons. The van der Waals surface area contributed by atoms with Crippen LogP contribution >= 0.6 is 11.6 Å². The number of aromatic nitrogens is 3. The van der Waals surface area contributed by atoms with E-state index in [4.69, 9.17) is 16.3 Å². The van der Waals surface area contributed by atoms with E-state index < -0.39 is 11.6 Å². The number of morpholine rings is 1. The Balaban J connectivity index is 1.36. The van der Waals surface area contributed by atoms with Crippen LogP contribution in [0, 0.1) is 6.92 Å². The molecule has 4 aromatic rings. The fourth-order valence-electron chi connectivity index (χ4n) is 5.02. The predicted octanol–water partition coefficient (Wildman–Crippen LogP) is 4.31. The van der Waals surface area contributed by atoms with Gasteiger partial charge in [0.05, 0.1) is 40.7 Å². The fraction of sp³-hybridized carbons (Fsp3) is 0.357. The van der Waals surface area contributed by atoms with E-state index in [-0.39, 0.29) is 24.5 Å².